The van der Waals surface area contributed by atoms with Crippen molar-refractivity contribution in [2.24, 2.45) is 0 Å². The van der Waals surface area contributed by atoms with Crippen molar-refractivity contribution in [3.05, 3.63) is 46.5 Å². The van der Waals surface area contributed by atoms with Gasteiger partial charge in [-0.1, -0.05) is 51.8 Å². The van der Waals surface area contributed by atoms with E-state index in [0.717, 1.165) is 19.3 Å². The van der Waals surface area contributed by atoms with Crippen molar-refractivity contribution < 1.29 is 0 Å². The molecule has 0 bridgehead atoms. The van der Waals surface area contributed by atoms with E-state index in [4.69, 9.17) is 0 Å². The molecule has 0 nitrogen and oxygen atoms in total. The van der Waals surface area contributed by atoms with Crippen LogP contribution in [0.2, 0.25) is 0 Å². The molecule has 0 N–H and O–H groups in total. The van der Waals surface area contributed by atoms with Crippen LogP contribution < -0.4 is 0 Å². The standard InChI is InChI=1S/C13H17BrS/c1-11(10-14)9-13(15)8-7-12-5-3-2-4-6-12/h2-6,10,13,15H,7-9H2,1H3/b11-10+. The summed E-state index contributed by atoms with van der Waals surface area (Å²) in [5.74, 6) is 0. The van der Waals surface area contributed by atoms with Crippen molar-refractivity contribution in [1.29, 1.82) is 0 Å². The number of rotatable bonds is 5. The lowest BCUT2D eigenvalue weighted by Gasteiger charge is -2.10. The van der Waals surface area contributed by atoms with Crippen molar-refractivity contribution >= 4 is 28.6 Å². The van der Waals surface area contributed by atoms with E-state index in [9.17, 15) is 0 Å². The Kier molecular flexibility index (Phi) is 6.11. The number of hydrogen-bond acceptors (Lipinski definition) is 1. The van der Waals surface area contributed by atoms with Crippen LogP contribution in [-0.2, 0) is 6.42 Å². The molecule has 1 rings (SSSR count). The number of aryl methyl sites for hydroxylation is 1. The average molecular weight is 285 g/mol. The highest BCUT2D eigenvalue weighted by Gasteiger charge is 2.04. The van der Waals surface area contributed by atoms with Crippen LogP contribution in [0.3, 0.4) is 0 Å². The van der Waals surface area contributed by atoms with Gasteiger partial charge in [-0.2, -0.15) is 12.6 Å². The van der Waals surface area contributed by atoms with E-state index in [1.165, 1.54) is 11.1 Å². The molecule has 0 saturated heterocycles. The van der Waals surface area contributed by atoms with Gasteiger partial charge in [0.2, 0.25) is 0 Å². The molecule has 0 heterocycles. The fraction of sp³-hybridized carbons (Fsp3) is 0.385. The van der Waals surface area contributed by atoms with E-state index >= 15 is 0 Å². The third-order valence-corrected chi connectivity index (χ3v) is 3.58. The molecule has 0 aliphatic heterocycles. The fourth-order valence-electron chi connectivity index (χ4n) is 1.50. The van der Waals surface area contributed by atoms with Gasteiger partial charge in [-0.25, -0.2) is 0 Å². The topological polar surface area (TPSA) is 0 Å². The third kappa shape index (κ3) is 5.43. The number of allylic oxidation sites excluding steroid dienone is 1. The Morgan fingerprint density at radius 3 is 2.67 bits per heavy atom. The Hall–Kier alpha value is -0.210. The molecule has 1 aromatic carbocycles. The lowest BCUT2D eigenvalue weighted by Crippen LogP contribution is -2.01. The summed E-state index contributed by atoms with van der Waals surface area (Å²) in [6, 6.07) is 10.6. The molecule has 15 heavy (non-hydrogen) atoms. The van der Waals surface area contributed by atoms with Crippen LogP contribution in [-0.4, -0.2) is 5.25 Å². The van der Waals surface area contributed by atoms with Gasteiger partial charge in [0, 0.05) is 5.25 Å². The Morgan fingerprint density at radius 1 is 1.40 bits per heavy atom. The Balaban J connectivity index is 2.31. The fourth-order valence-corrected chi connectivity index (χ4v) is 2.10. The minimum Gasteiger partial charge on any atom is -0.176 e. The van der Waals surface area contributed by atoms with Crippen LogP contribution in [0.1, 0.15) is 25.3 Å². The Morgan fingerprint density at radius 2 is 2.07 bits per heavy atom. The second-order valence-corrected chi connectivity index (χ2v) is 5.03. The summed E-state index contributed by atoms with van der Waals surface area (Å²) in [6.07, 6.45) is 3.30. The maximum atomic E-state index is 4.59. The highest BCUT2D eigenvalue weighted by atomic mass is 79.9. The summed E-state index contributed by atoms with van der Waals surface area (Å²) < 4.78 is 0. The van der Waals surface area contributed by atoms with Crippen LogP contribution in [0.5, 0.6) is 0 Å². The van der Waals surface area contributed by atoms with Crippen molar-refractivity contribution in [2.45, 2.75) is 31.4 Å². The summed E-state index contributed by atoms with van der Waals surface area (Å²) in [4.78, 5) is 1.98. The summed E-state index contributed by atoms with van der Waals surface area (Å²) >= 11 is 7.94. The molecule has 1 aromatic rings. The van der Waals surface area contributed by atoms with E-state index in [2.05, 4.69) is 65.8 Å². The van der Waals surface area contributed by atoms with Gasteiger partial charge in [0.1, 0.15) is 0 Å². The van der Waals surface area contributed by atoms with Gasteiger partial charge in [-0.05, 0) is 36.7 Å². The Labute approximate surface area is 106 Å². The van der Waals surface area contributed by atoms with Crippen LogP contribution in [0.15, 0.2) is 40.9 Å². The van der Waals surface area contributed by atoms with E-state index in [1.807, 2.05) is 4.99 Å². The second kappa shape index (κ2) is 7.13. The quantitative estimate of drug-likeness (QED) is 0.751. The van der Waals surface area contributed by atoms with E-state index in [0.29, 0.717) is 5.25 Å². The lowest BCUT2D eigenvalue weighted by molar-refractivity contribution is 0.753. The molecule has 0 saturated carbocycles. The number of halogens is 1. The molecule has 0 radical (unpaired) electrons. The number of hydrogen-bond donors (Lipinski definition) is 1. The zero-order chi connectivity index (χ0) is 11.1. The van der Waals surface area contributed by atoms with Gasteiger partial charge in [0.15, 0.2) is 0 Å². The predicted octanol–water partition coefficient (Wildman–Crippen LogP) is 4.61. The van der Waals surface area contributed by atoms with Gasteiger partial charge in [0.25, 0.3) is 0 Å². The summed E-state index contributed by atoms with van der Waals surface area (Å²) in [5.41, 5.74) is 2.75. The van der Waals surface area contributed by atoms with Crippen molar-refractivity contribution in [3.8, 4) is 0 Å². The van der Waals surface area contributed by atoms with Gasteiger partial charge in [-0.3, -0.25) is 0 Å². The summed E-state index contributed by atoms with van der Waals surface area (Å²) in [5, 5.41) is 0.457. The first-order valence-electron chi connectivity index (χ1n) is 5.20. The minimum absolute atomic E-state index is 0.457. The summed E-state index contributed by atoms with van der Waals surface area (Å²) in [6.45, 7) is 2.13. The molecular weight excluding hydrogens is 268 g/mol. The SMILES string of the molecule is C/C(=C\Br)CC(S)CCc1ccccc1. The maximum absolute atomic E-state index is 4.59. The van der Waals surface area contributed by atoms with Crippen LogP contribution in [0.4, 0.5) is 0 Å². The highest BCUT2D eigenvalue weighted by molar-refractivity contribution is 9.11. The molecule has 0 aliphatic carbocycles. The van der Waals surface area contributed by atoms with Gasteiger partial charge in [0.05, 0.1) is 0 Å². The van der Waals surface area contributed by atoms with Crippen molar-refractivity contribution in [1.82, 2.24) is 0 Å². The zero-order valence-electron chi connectivity index (χ0n) is 8.99. The first-order chi connectivity index (χ1) is 7.22. The predicted molar refractivity (Wildman–Crippen MR) is 74.8 cm³/mol. The normalized spacial score (nSPS) is 13.9. The second-order valence-electron chi connectivity index (χ2n) is 3.84. The van der Waals surface area contributed by atoms with Gasteiger partial charge in [-0.15, -0.1) is 0 Å². The van der Waals surface area contributed by atoms with Crippen LogP contribution in [0.25, 0.3) is 0 Å². The molecule has 82 valence electrons. The minimum atomic E-state index is 0.457. The van der Waals surface area contributed by atoms with E-state index < -0.39 is 0 Å². The molecule has 1 unspecified atom stereocenters. The van der Waals surface area contributed by atoms with Crippen LogP contribution >= 0.6 is 28.6 Å². The molecule has 0 aliphatic rings. The number of thiol groups is 1. The van der Waals surface area contributed by atoms with Crippen molar-refractivity contribution in [3.63, 3.8) is 0 Å². The molecular formula is C13H17BrS. The number of benzene rings is 1. The van der Waals surface area contributed by atoms with Gasteiger partial charge >= 0.3 is 0 Å². The molecule has 0 fully saturated rings. The third-order valence-electron chi connectivity index (χ3n) is 2.35. The monoisotopic (exact) mass is 284 g/mol. The summed E-state index contributed by atoms with van der Waals surface area (Å²) in [7, 11) is 0. The molecule has 1 atom stereocenters. The lowest BCUT2D eigenvalue weighted by atomic mass is 10.0. The molecule has 0 aromatic heterocycles. The van der Waals surface area contributed by atoms with Crippen LogP contribution in [0, 0.1) is 0 Å². The molecule has 0 spiro atoms. The van der Waals surface area contributed by atoms with E-state index in [1.54, 1.807) is 0 Å². The largest absolute Gasteiger partial charge is 0.176 e. The first kappa shape index (κ1) is 12.9. The van der Waals surface area contributed by atoms with Crippen molar-refractivity contribution in [2.75, 3.05) is 0 Å². The average Bonchev–Trinajstić information content (AvgIpc) is 2.27. The maximum Gasteiger partial charge on any atom is 0.00573 e. The zero-order valence-corrected chi connectivity index (χ0v) is 11.5. The molecule has 2 heteroatoms. The van der Waals surface area contributed by atoms with Gasteiger partial charge < -0.3 is 0 Å². The smallest absolute Gasteiger partial charge is 0.00573 e. The first-order valence-corrected chi connectivity index (χ1v) is 6.63. The van der Waals surface area contributed by atoms with E-state index in [-0.39, 0.29) is 0 Å². The molecule has 0 amide bonds. The highest BCUT2D eigenvalue weighted by Crippen LogP contribution is 2.17. The Bertz CT molecular complexity index is 306.